The van der Waals surface area contributed by atoms with Crippen molar-refractivity contribution in [1.29, 1.82) is 0 Å². The van der Waals surface area contributed by atoms with Gasteiger partial charge >= 0.3 is 0 Å². The van der Waals surface area contributed by atoms with E-state index in [1.165, 1.54) is 44.5 Å². The zero-order chi connectivity index (χ0) is 30.1. The first-order chi connectivity index (χ1) is 21.6. The Balaban J connectivity index is 0.993. The highest BCUT2D eigenvalue weighted by molar-refractivity contribution is 5.61. The van der Waals surface area contributed by atoms with Crippen LogP contribution in [0.4, 0.5) is 0 Å². The number of benzene rings is 2. The molecule has 0 bridgehead atoms. The van der Waals surface area contributed by atoms with E-state index >= 15 is 0 Å². The van der Waals surface area contributed by atoms with Crippen LogP contribution in [0.25, 0.3) is 11.1 Å². The minimum atomic E-state index is 0.855. The van der Waals surface area contributed by atoms with Gasteiger partial charge in [0.25, 0.3) is 0 Å². The summed E-state index contributed by atoms with van der Waals surface area (Å²) in [6.45, 7) is 4.81. The third-order valence-electron chi connectivity index (χ3n) is 8.38. The van der Waals surface area contributed by atoms with Gasteiger partial charge in [0.05, 0.1) is 0 Å². The normalized spacial score (nSPS) is 11.0. The average Bonchev–Trinajstić information content (AvgIpc) is 3.07. The summed E-state index contributed by atoms with van der Waals surface area (Å²) >= 11 is 0. The van der Waals surface area contributed by atoms with Crippen LogP contribution in [-0.2, 0) is 45.9 Å². The lowest BCUT2D eigenvalue weighted by molar-refractivity contribution is -0.689. The minimum Gasteiger partial charge on any atom is -0.208 e. The Kier molecular flexibility index (Phi) is 9.27. The first-order valence-electron chi connectivity index (χ1n) is 15.7. The molecular weight excluding hydrogens is 536 g/mol. The highest BCUT2D eigenvalue weighted by Crippen LogP contribution is 2.16. The predicted molar refractivity (Wildman–Crippen MR) is 173 cm³/mol. The van der Waals surface area contributed by atoms with E-state index in [1.807, 2.05) is 0 Å². The summed E-state index contributed by atoms with van der Waals surface area (Å²) in [5.41, 5.74) is 10.5. The molecule has 44 heavy (non-hydrogen) atoms. The standard InChI is InChI=1S/C40H42N4/c1-3-33-4-8-36(9-5-33)31-43-26-18-39(19-27-43)40-20-28-44(29-21-40)32-38-12-10-37(11-13-38)30-42-24-16-35(17-25-42)7-6-34-14-22-41(2)23-15-34/h4-5,8-29H,3,6-7,30-32H2,1-2H3/q+4. The average molecular weight is 579 g/mol. The van der Waals surface area contributed by atoms with Crippen molar-refractivity contribution in [2.45, 2.75) is 45.8 Å². The molecule has 0 N–H and O–H groups in total. The highest BCUT2D eigenvalue weighted by atomic mass is 14.9. The van der Waals surface area contributed by atoms with Crippen LogP contribution < -0.4 is 18.3 Å². The lowest BCUT2D eigenvalue weighted by Gasteiger charge is -2.04. The summed E-state index contributed by atoms with van der Waals surface area (Å²) in [4.78, 5) is 0. The monoisotopic (exact) mass is 578 g/mol. The molecule has 0 saturated heterocycles. The molecule has 4 aromatic heterocycles. The Morgan fingerprint density at radius 3 is 1.05 bits per heavy atom. The molecule has 0 unspecified atom stereocenters. The van der Waals surface area contributed by atoms with Crippen molar-refractivity contribution in [1.82, 2.24) is 0 Å². The molecule has 0 aliphatic rings. The number of nitrogens with zero attached hydrogens (tertiary/aromatic N) is 4. The second kappa shape index (κ2) is 14.0. The van der Waals surface area contributed by atoms with Gasteiger partial charge in [0.1, 0.15) is 7.05 Å². The molecule has 4 nitrogen and oxygen atoms in total. The lowest BCUT2D eigenvalue weighted by atomic mass is 10.1. The van der Waals surface area contributed by atoms with E-state index < -0.39 is 0 Å². The number of aryl methyl sites for hydroxylation is 4. The van der Waals surface area contributed by atoms with Gasteiger partial charge in [0, 0.05) is 65.2 Å². The van der Waals surface area contributed by atoms with Gasteiger partial charge in [-0.15, -0.1) is 0 Å². The van der Waals surface area contributed by atoms with Crippen molar-refractivity contribution in [2.24, 2.45) is 7.05 Å². The zero-order valence-corrected chi connectivity index (χ0v) is 25.9. The molecule has 0 fully saturated rings. The summed E-state index contributed by atoms with van der Waals surface area (Å²) in [6, 6.07) is 35.6. The molecule has 218 valence electrons. The maximum atomic E-state index is 2.25. The molecule has 0 atom stereocenters. The van der Waals surface area contributed by atoms with Gasteiger partial charge in [0.2, 0.25) is 0 Å². The molecule has 6 aromatic rings. The molecule has 0 aliphatic heterocycles. The summed E-state index contributed by atoms with van der Waals surface area (Å²) in [5, 5.41) is 0. The van der Waals surface area contributed by atoms with Crippen LogP contribution in [-0.4, -0.2) is 0 Å². The maximum Gasteiger partial charge on any atom is 0.173 e. The Hall–Kier alpha value is -4.96. The number of pyridine rings is 4. The molecule has 0 saturated carbocycles. The Morgan fingerprint density at radius 1 is 0.364 bits per heavy atom. The Morgan fingerprint density at radius 2 is 0.682 bits per heavy atom. The number of hydrogen-bond donors (Lipinski definition) is 0. The van der Waals surface area contributed by atoms with Gasteiger partial charge in [-0.2, -0.15) is 0 Å². The summed E-state index contributed by atoms with van der Waals surface area (Å²) < 4.78 is 8.80. The molecule has 0 amide bonds. The second-order valence-corrected chi connectivity index (χ2v) is 11.8. The SMILES string of the molecule is CCc1ccc(C[n+]2ccc(-c3cc[n+](Cc4ccc(C[n+]5ccc(CCc6cc[n+](C)cc6)cc5)cc4)cc3)cc2)cc1. The van der Waals surface area contributed by atoms with Gasteiger partial charge in [-0.1, -0.05) is 55.5 Å². The number of aromatic nitrogens is 4. The molecule has 0 spiro atoms. The number of rotatable bonds is 11. The van der Waals surface area contributed by atoms with Crippen molar-refractivity contribution in [2.75, 3.05) is 0 Å². The van der Waals surface area contributed by atoms with E-state index in [0.717, 1.165) is 38.9 Å². The fraction of sp³-hybridized carbons (Fsp3) is 0.200. The molecule has 2 aromatic carbocycles. The summed E-state index contributed by atoms with van der Waals surface area (Å²) in [5.74, 6) is 0. The van der Waals surface area contributed by atoms with Crippen LogP contribution in [0.1, 0.15) is 40.3 Å². The van der Waals surface area contributed by atoms with Crippen molar-refractivity contribution < 1.29 is 18.3 Å². The van der Waals surface area contributed by atoms with E-state index in [0.29, 0.717) is 0 Å². The Labute approximate surface area is 261 Å². The molecule has 4 heteroatoms. The highest BCUT2D eigenvalue weighted by Gasteiger charge is 2.09. The van der Waals surface area contributed by atoms with Gasteiger partial charge in [-0.25, -0.2) is 18.3 Å². The zero-order valence-electron chi connectivity index (χ0n) is 25.9. The van der Waals surface area contributed by atoms with Crippen LogP contribution in [0.3, 0.4) is 0 Å². The quantitative estimate of drug-likeness (QED) is 0.180. The third kappa shape index (κ3) is 7.90. The second-order valence-electron chi connectivity index (χ2n) is 11.8. The first-order valence-corrected chi connectivity index (χ1v) is 15.7. The van der Waals surface area contributed by atoms with Crippen molar-refractivity contribution in [3.05, 3.63) is 180 Å². The van der Waals surface area contributed by atoms with Gasteiger partial charge < -0.3 is 0 Å². The molecular formula is C40H42N4+4. The predicted octanol–water partition coefficient (Wildman–Crippen LogP) is 5.53. The van der Waals surface area contributed by atoms with Crippen LogP contribution in [0, 0.1) is 0 Å². The van der Waals surface area contributed by atoms with Crippen molar-refractivity contribution in [3.8, 4) is 11.1 Å². The van der Waals surface area contributed by atoms with E-state index in [4.69, 9.17) is 0 Å². The Bertz CT molecular complexity index is 1760. The van der Waals surface area contributed by atoms with Crippen LogP contribution in [0.5, 0.6) is 0 Å². The van der Waals surface area contributed by atoms with Crippen molar-refractivity contribution in [3.63, 3.8) is 0 Å². The van der Waals surface area contributed by atoms with E-state index in [2.05, 4.69) is 179 Å². The number of hydrogen-bond acceptors (Lipinski definition) is 0. The molecule has 4 heterocycles. The summed E-state index contributed by atoms with van der Waals surface area (Å²) in [6.07, 6.45) is 20.5. The van der Waals surface area contributed by atoms with E-state index in [-0.39, 0.29) is 0 Å². The van der Waals surface area contributed by atoms with Gasteiger partial charge in [-0.05, 0) is 47.1 Å². The topological polar surface area (TPSA) is 15.5 Å². The first kappa shape index (κ1) is 29.1. The van der Waals surface area contributed by atoms with Crippen molar-refractivity contribution >= 4 is 0 Å². The van der Waals surface area contributed by atoms with Crippen LogP contribution in [0.15, 0.2) is 147 Å². The van der Waals surface area contributed by atoms with Crippen LogP contribution in [0.2, 0.25) is 0 Å². The molecule has 0 radical (unpaired) electrons. The van der Waals surface area contributed by atoms with E-state index in [9.17, 15) is 0 Å². The van der Waals surface area contributed by atoms with Crippen LogP contribution >= 0.6 is 0 Å². The third-order valence-corrected chi connectivity index (χ3v) is 8.38. The fourth-order valence-corrected chi connectivity index (χ4v) is 5.52. The minimum absolute atomic E-state index is 0.855. The van der Waals surface area contributed by atoms with E-state index in [1.54, 1.807) is 0 Å². The van der Waals surface area contributed by atoms with Gasteiger partial charge in [0.15, 0.2) is 69.2 Å². The molecule has 0 aliphatic carbocycles. The van der Waals surface area contributed by atoms with Gasteiger partial charge in [-0.3, -0.25) is 0 Å². The maximum absolute atomic E-state index is 2.25. The smallest absolute Gasteiger partial charge is 0.173 e. The fourth-order valence-electron chi connectivity index (χ4n) is 5.52. The molecule has 6 rings (SSSR count). The largest absolute Gasteiger partial charge is 0.208 e. The summed E-state index contributed by atoms with van der Waals surface area (Å²) in [7, 11) is 2.05. The lowest BCUT2D eigenvalue weighted by Crippen LogP contribution is -2.34.